The number of hydrogen-bond donors (Lipinski definition) is 8. The molecule has 0 heterocycles. The van der Waals surface area contributed by atoms with Gasteiger partial charge in [-0.3, -0.25) is 24.0 Å². The minimum atomic E-state index is -1.68. The Bertz CT molecular complexity index is 654. The van der Waals surface area contributed by atoms with Gasteiger partial charge in [-0.15, -0.1) is 0 Å². The number of aliphatic hydroxyl groups excluding tert-OH is 1. The highest BCUT2D eigenvalue weighted by Gasteiger charge is 2.29. The molecule has 0 aliphatic carbocycles. The number of carbonyl (C=O) groups excluding carboxylic acids is 4. The molecule has 0 rings (SSSR count). The van der Waals surface area contributed by atoms with Crippen LogP contribution in [-0.2, 0) is 28.8 Å². The van der Waals surface area contributed by atoms with Crippen molar-refractivity contribution in [1.82, 2.24) is 16.0 Å². The number of carboxylic acids is 2. The van der Waals surface area contributed by atoms with E-state index < -0.39 is 85.6 Å². The Hall–Kier alpha value is -3.26. The average molecular weight is 419 g/mol. The topological polar surface area (TPSA) is 251 Å². The van der Waals surface area contributed by atoms with Crippen LogP contribution in [-0.4, -0.2) is 81.7 Å². The second-order valence-corrected chi connectivity index (χ2v) is 6.08. The van der Waals surface area contributed by atoms with Crippen molar-refractivity contribution in [2.45, 2.75) is 50.4 Å². The highest BCUT2D eigenvalue weighted by Crippen LogP contribution is 2.02. The molecule has 0 saturated heterocycles. The van der Waals surface area contributed by atoms with Gasteiger partial charge in [0.2, 0.25) is 23.6 Å². The van der Waals surface area contributed by atoms with Crippen LogP contribution in [0.1, 0.15) is 26.2 Å². The van der Waals surface area contributed by atoms with E-state index in [4.69, 9.17) is 26.8 Å². The zero-order valence-electron chi connectivity index (χ0n) is 15.6. The van der Waals surface area contributed by atoms with Gasteiger partial charge in [0.15, 0.2) is 0 Å². The quantitative estimate of drug-likeness (QED) is 0.142. The van der Waals surface area contributed by atoms with Crippen LogP contribution in [0, 0.1) is 0 Å². The summed E-state index contributed by atoms with van der Waals surface area (Å²) < 4.78 is 0. The van der Waals surface area contributed by atoms with Gasteiger partial charge in [-0.1, -0.05) is 0 Å². The van der Waals surface area contributed by atoms with E-state index in [0.29, 0.717) is 0 Å². The largest absolute Gasteiger partial charge is 0.481 e. The van der Waals surface area contributed by atoms with Gasteiger partial charge in [0.25, 0.3) is 0 Å². The van der Waals surface area contributed by atoms with Crippen LogP contribution in [0.2, 0.25) is 0 Å². The zero-order valence-corrected chi connectivity index (χ0v) is 15.6. The van der Waals surface area contributed by atoms with E-state index in [-0.39, 0.29) is 0 Å². The van der Waals surface area contributed by atoms with Crippen LogP contribution in [0.4, 0.5) is 0 Å². The Labute approximate surface area is 165 Å². The molecular weight excluding hydrogens is 394 g/mol. The van der Waals surface area contributed by atoms with Crippen LogP contribution in [0.15, 0.2) is 0 Å². The molecule has 0 spiro atoms. The summed E-state index contributed by atoms with van der Waals surface area (Å²) in [7, 11) is 0. The van der Waals surface area contributed by atoms with Crippen molar-refractivity contribution in [2.75, 3.05) is 6.61 Å². The first-order valence-corrected chi connectivity index (χ1v) is 8.39. The molecule has 0 aromatic rings. The number of nitrogens with two attached hydrogens (primary N) is 2. The van der Waals surface area contributed by atoms with Gasteiger partial charge in [-0.05, 0) is 13.3 Å². The second kappa shape index (κ2) is 12.2. The second-order valence-electron chi connectivity index (χ2n) is 6.08. The fourth-order valence-electron chi connectivity index (χ4n) is 1.98. The van der Waals surface area contributed by atoms with Crippen molar-refractivity contribution in [3.8, 4) is 0 Å². The number of aliphatic hydroxyl groups is 1. The van der Waals surface area contributed by atoms with Gasteiger partial charge in [-0.25, -0.2) is 4.79 Å². The lowest BCUT2D eigenvalue weighted by Gasteiger charge is -2.23. The molecule has 0 aromatic carbocycles. The maximum Gasteiger partial charge on any atom is 0.326 e. The molecule has 29 heavy (non-hydrogen) atoms. The molecule has 4 amide bonds. The predicted octanol–water partition coefficient (Wildman–Crippen LogP) is -4.39. The van der Waals surface area contributed by atoms with Crippen LogP contribution in [0.5, 0.6) is 0 Å². The first-order chi connectivity index (χ1) is 13.4. The number of aliphatic carboxylic acids is 2. The number of amides is 4. The lowest BCUT2D eigenvalue weighted by Crippen LogP contribution is -2.57. The molecule has 0 aliphatic heterocycles. The third kappa shape index (κ3) is 10.0. The predicted molar refractivity (Wildman–Crippen MR) is 94.8 cm³/mol. The highest BCUT2D eigenvalue weighted by molar-refractivity contribution is 5.94. The Morgan fingerprint density at radius 1 is 0.897 bits per heavy atom. The SMILES string of the molecule is CC(NC(=O)C(N)CO)C(=O)NC(CCC(=O)O)C(=O)NC(CC(N)=O)C(=O)O. The van der Waals surface area contributed by atoms with Crippen molar-refractivity contribution < 1.29 is 44.1 Å². The van der Waals surface area contributed by atoms with Crippen molar-refractivity contribution in [3.63, 3.8) is 0 Å². The summed E-state index contributed by atoms with van der Waals surface area (Å²) in [6.07, 6.45) is -1.65. The normalized spacial score (nSPS) is 14.6. The molecule has 164 valence electrons. The first-order valence-electron chi connectivity index (χ1n) is 8.39. The van der Waals surface area contributed by atoms with Crippen LogP contribution in [0.25, 0.3) is 0 Å². The van der Waals surface area contributed by atoms with E-state index in [0.717, 1.165) is 0 Å². The maximum atomic E-state index is 12.3. The molecule has 14 heteroatoms. The molecule has 4 unspecified atom stereocenters. The number of primary amides is 1. The summed E-state index contributed by atoms with van der Waals surface area (Å²) in [5.74, 6) is -6.62. The maximum absolute atomic E-state index is 12.3. The van der Waals surface area contributed by atoms with E-state index in [1.807, 2.05) is 5.32 Å². The van der Waals surface area contributed by atoms with Crippen molar-refractivity contribution in [1.29, 1.82) is 0 Å². The van der Waals surface area contributed by atoms with Gasteiger partial charge >= 0.3 is 11.9 Å². The summed E-state index contributed by atoms with van der Waals surface area (Å²) in [5, 5.41) is 33.0. The van der Waals surface area contributed by atoms with Crippen molar-refractivity contribution >= 4 is 35.6 Å². The minimum Gasteiger partial charge on any atom is -0.481 e. The lowest BCUT2D eigenvalue weighted by atomic mass is 10.1. The fraction of sp³-hybridized carbons (Fsp3) is 0.600. The average Bonchev–Trinajstić information content (AvgIpc) is 2.62. The Balaban J connectivity index is 5.19. The van der Waals surface area contributed by atoms with E-state index in [2.05, 4.69) is 10.6 Å². The molecule has 0 bridgehead atoms. The molecule has 0 aromatic heterocycles. The number of nitrogens with one attached hydrogen (secondary N) is 3. The zero-order chi connectivity index (χ0) is 22.7. The summed E-state index contributed by atoms with van der Waals surface area (Å²) >= 11 is 0. The van der Waals surface area contributed by atoms with E-state index in [1.165, 1.54) is 6.92 Å². The fourth-order valence-corrected chi connectivity index (χ4v) is 1.98. The molecule has 0 aliphatic rings. The van der Waals surface area contributed by atoms with Gasteiger partial charge in [0, 0.05) is 6.42 Å². The molecule has 0 saturated carbocycles. The standard InChI is InChI=1S/C15H25N5O9/c1-6(18-13(26)7(16)5-21)12(25)19-8(2-3-11(23)24)14(27)20-9(15(28)29)4-10(17)22/h6-9,21H,2-5,16H2,1H3,(H2,17,22)(H,18,26)(H,19,25)(H,20,27)(H,23,24)(H,28,29). The number of carboxylic acid groups (broad SMARTS) is 2. The Kier molecular flexibility index (Phi) is 10.9. The number of carbonyl (C=O) groups is 6. The van der Waals surface area contributed by atoms with Gasteiger partial charge in [-0.2, -0.15) is 0 Å². The number of hydrogen-bond acceptors (Lipinski definition) is 8. The van der Waals surface area contributed by atoms with Gasteiger partial charge < -0.3 is 42.7 Å². The molecule has 0 fully saturated rings. The third-order valence-electron chi connectivity index (χ3n) is 3.59. The molecule has 0 radical (unpaired) electrons. The summed E-state index contributed by atoms with van der Waals surface area (Å²) in [6.45, 7) is 0.580. The summed E-state index contributed by atoms with van der Waals surface area (Å²) in [5.41, 5.74) is 10.2. The molecule has 14 nitrogen and oxygen atoms in total. The molecule has 10 N–H and O–H groups in total. The third-order valence-corrected chi connectivity index (χ3v) is 3.59. The van der Waals surface area contributed by atoms with E-state index in [1.54, 1.807) is 0 Å². The van der Waals surface area contributed by atoms with E-state index in [9.17, 15) is 28.8 Å². The van der Waals surface area contributed by atoms with Crippen LogP contribution >= 0.6 is 0 Å². The minimum absolute atomic E-state index is 0.396. The van der Waals surface area contributed by atoms with Gasteiger partial charge in [0.1, 0.15) is 24.2 Å². The smallest absolute Gasteiger partial charge is 0.326 e. The highest BCUT2D eigenvalue weighted by atomic mass is 16.4. The van der Waals surface area contributed by atoms with E-state index >= 15 is 0 Å². The summed E-state index contributed by atoms with van der Waals surface area (Å²) in [4.78, 5) is 68.9. The Morgan fingerprint density at radius 3 is 1.90 bits per heavy atom. The van der Waals surface area contributed by atoms with Crippen LogP contribution in [0.3, 0.4) is 0 Å². The van der Waals surface area contributed by atoms with Gasteiger partial charge in [0.05, 0.1) is 13.0 Å². The molecule has 4 atom stereocenters. The summed E-state index contributed by atoms with van der Waals surface area (Å²) in [6, 6.07) is -5.63. The first kappa shape index (κ1) is 25.7. The van der Waals surface area contributed by atoms with Crippen LogP contribution < -0.4 is 27.4 Å². The molecular formula is C15H25N5O9. The monoisotopic (exact) mass is 419 g/mol. The lowest BCUT2D eigenvalue weighted by molar-refractivity contribution is -0.144. The Morgan fingerprint density at radius 2 is 1.45 bits per heavy atom. The van der Waals surface area contributed by atoms with Crippen molar-refractivity contribution in [2.24, 2.45) is 11.5 Å². The van der Waals surface area contributed by atoms with Crippen molar-refractivity contribution in [3.05, 3.63) is 0 Å². The number of rotatable bonds is 13.